The number of hydrogen-bond donors (Lipinski definition) is 0. The Morgan fingerprint density at radius 3 is 2.38 bits per heavy atom. The van der Waals surface area contributed by atoms with Crippen molar-refractivity contribution in [2.45, 2.75) is 20.3 Å². The molecule has 0 saturated heterocycles. The molecule has 0 bridgehead atoms. The van der Waals surface area contributed by atoms with Crippen molar-refractivity contribution in [3.63, 3.8) is 0 Å². The van der Waals surface area contributed by atoms with E-state index >= 15 is 0 Å². The minimum atomic E-state index is 0.166. The molecule has 0 unspecified atom stereocenters. The average molecular weight is 177 g/mol. The molecular weight excluding hydrogens is 168 g/mol. The van der Waals surface area contributed by atoms with Crippen molar-refractivity contribution in [1.29, 1.82) is 0 Å². The highest BCUT2D eigenvalue weighted by atomic mass is 79.9. The average Bonchev–Trinajstić information content (AvgIpc) is 1.65. The van der Waals surface area contributed by atoms with Gasteiger partial charge in [-0.1, -0.05) is 22.9 Å². The predicted molar refractivity (Wildman–Crippen MR) is 38.0 cm³/mol. The van der Waals surface area contributed by atoms with E-state index in [1.807, 2.05) is 13.8 Å². The molecule has 0 aliphatic heterocycles. The van der Waals surface area contributed by atoms with Crippen LogP contribution in [-0.4, -0.2) is 5.78 Å². The van der Waals surface area contributed by atoms with Crippen molar-refractivity contribution < 1.29 is 4.79 Å². The highest BCUT2D eigenvalue weighted by Gasteiger charge is 1.89. The minimum Gasteiger partial charge on any atom is -0.295 e. The zero-order valence-electron chi connectivity index (χ0n) is 5.07. The Kier molecular flexibility index (Phi) is 3.79. The molecule has 0 fully saturated rings. The third-order valence-electron chi connectivity index (χ3n) is 0.708. The van der Waals surface area contributed by atoms with Gasteiger partial charge in [-0.2, -0.15) is 0 Å². The molecule has 2 heteroatoms. The summed E-state index contributed by atoms with van der Waals surface area (Å²) in [6.07, 6.45) is 2.17. The third-order valence-corrected chi connectivity index (χ3v) is 0.937. The summed E-state index contributed by atoms with van der Waals surface area (Å²) in [7, 11) is 0. The minimum absolute atomic E-state index is 0.166. The van der Waals surface area contributed by atoms with Gasteiger partial charge in [0.25, 0.3) is 0 Å². The molecule has 0 spiro atoms. The molecule has 0 atom stereocenters. The zero-order valence-corrected chi connectivity index (χ0v) is 6.66. The molecule has 8 heavy (non-hydrogen) atoms. The normalized spacial score (nSPS) is 11.6. The first-order valence-electron chi connectivity index (χ1n) is 2.53. The highest BCUT2D eigenvalue weighted by molar-refractivity contribution is 9.11. The number of ketones is 1. The van der Waals surface area contributed by atoms with E-state index < -0.39 is 0 Å². The van der Waals surface area contributed by atoms with Crippen LogP contribution in [0.1, 0.15) is 20.3 Å². The Balaban J connectivity index is 3.70. The van der Waals surface area contributed by atoms with Crippen molar-refractivity contribution >= 4 is 21.7 Å². The third kappa shape index (κ3) is 4.06. The molecule has 0 heterocycles. The first-order valence-corrected chi connectivity index (χ1v) is 3.32. The van der Waals surface area contributed by atoms with Crippen LogP contribution in [-0.2, 0) is 4.79 Å². The lowest BCUT2D eigenvalue weighted by Gasteiger charge is -1.83. The predicted octanol–water partition coefficient (Wildman–Crippen LogP) is 2.26. The van der Waals surface area contributed by atoms with Crippen molar-refractivity contribution in [2.24, 2.45) is 0 Å². The lowest BCUT2D eigenvalue weighted by atomic mass is 10.3. The van der Waals surface area contributed by atoms with E-state index in [0.29, 0.717) is 6.42 Å². The van der Waals surface area contributed by atoms with Gasteiger partial charge in [0, 0.05) is 6.42 Å². The number of rotatable bonds is 2. The lowest BCUT2D eigenvalue weighted by molar-refractivity contribution is -0.114. The summed E-state index contributed by atoms with van der Waals surface area (Å²) in [6, 6.07) is 0. The summed E-state index contributed by atoms with van der Waals surface area (Å²) >= 11 is 3.16. The van der Waals surface area contributed by atoms with E-state index in [2.05, 4.69) is 15.9 Å². The fourth-order valence-corrected chi connectivity index (χ4v) is 0.579. The van der Waals surface area contributed by atoms with Gasteiger partial charge < -0.3 is 0 Å². The van der Waals surface area contributed by atoms with Crippen LogP contribution in [0.5, 0.6) is 0 Å². The van der Waals surface area contributed by atoms with Gasteiger partial charge in [0.05, 0.1) is 0 Å². The van der Waals surface area contributed by atoms with Crippen molar-refractivity contribution in [2.75, 3.05) is 0 Å². The van der Waals surface area contributed by atoms with Crippen LogP contribution in [0.4, 0.5) is 0 Å². The Morgan fingerprint density at radius 2 is 2.25 bits per heavy atom. The van der Waals surface area contributed by atoms with Crippen LogP contribution in [0.15, 0.2) is 10.6 Å². The first-order chi connectivity index (χ1) is 3.66. The smallest absolute Gasteiger partial charge is 0.156 e. The van der Waals surface area contributed by atoms with Gasteiger partial charge >= 0.3 is 0 Å². The van der Waals surface area contributed by atoms with Gasteiger partial charge in [0.15, 0.2) is 5.78 Å². The van der Waals surface area contributed by atoms with Crippen LogP contribution in [0.25, 0.3) is 0 Å². The molecule has 0 aliphatic carbocycles. The topological polar surface area (TPSA) is 17.1 Å². The Morgan fingerprint density at radius 1 is 1.75 bits per heavy atom. The Bertz CT molecular complexity index is 112. The largest absolute Gasteiger partial charge is 0.295 e. The fourth-order valence-electron chi connectivity index (χ4n) is 0.324. The van der Waals surface area contributed by atoms with E-state index in [0.717, 1.165) is 4.48 Å². The van der Waals surface area contributed by atoms with Crippen LogP contribution in [0.2, 0.25) is 0 Å². The van der Waals surface area contributed by atoms with Crippen LogP contribution >= 0.6 is 15.9 Å². The summed E-state index contributed by atoms with van der Waals surface area (Å²) in [5.74, 6) is 0.166. The zero-order chi connectivity index (χ0) is 6.57. The van der Waals surface area contributed by atoms with E-state index in [4.69, 9.17) is 0 Å². The van der Waals surface area contributed by atoms with Gasteiger partial charge in [0.2, 0.25) is 0 Å². The number of hydrogen-bond acceptors (Lipinski definition) is 1. The van der Waals surface area contributed by atoms with E-state index in [1.54, 1.807) is 6.08 Å². The maximum absolute atomic E-state index is 10.5. The highest BCUT2D eigenvalue weighted by Crippen LogP contribution is 2.01. The van der Waals surface area contributed by atoms with Crippen LogP contribution in [0.3, 0.4) is 0 Å². The number of allylic oxidation sites excluding steroid dienone is 2. The van der Waals surface area contributed by atoms with Gasteiger partial charge in [-0.25, -0.2) is 0 Å². The SMILES string of the molecule is CCC(=O)/C=C(\C)Br. The van der Waals surface area contributed by atoms with Gasteiger partial charge in [-0.15, -0.1) is 0 Å². The number of carbonyl (C=O) groups excluding carboxylic acids is 1. The van der Waals surface area contributed by atoms with E-state index in [-0.39, 0.29) is 5.78 Å². The Labute approximate surface area is 57.9 Å². The summed E-state index contributed by atoms with van der Waals surface area (Å²) < 4.78 is 0.893. The molecule has 46 valence electrons. The van der Waals surface area contributed by atoms with Gasteiger partial charge in [-0.3, -0.25) is 4.79 Å². The molecule has 0 N–H and O–H groups in total. The second-order valence-electron chi connectivity index (χ2n) is 1.55. The maximum atomic E-state index is 10.5. The molecule has 0 aliphatic rings. The summed E-state index contributed by atoms with van der Waals surface area (Å²) in [4.78, 5) is 10.5. The van der Waals surface area contributed by atoms with E-state index in [9.17, 15) is 4.79 Å². The number of carbonyl (C=O) groups is 1. The molecular formula is C6H9BrO. The standard InChI is InChI=1S/C6H9BrO/c1-3-6(8)4-5(2)7/h4H,3H2,1-2H3/b5-4+. The summed E-state index contributed by atoms with van der Waals surface area (Å²) in [6.45, 7) is 3.68. The molecule has 0 radical (unpaired) electrons. The molecule has 0 aromatic heterocycles. The van der Waals surface area contributed by atoms with Crippen molar-refractivity contribution in [1.82, 2.24) is 0 Å². The van der Waals surface area contributed by atoms with Crippen molar-refractivity contribution in [3.05, 3.63) is 10.6 Å². The van der Waals surface area contributed by atoms with Gasteiger partial charge in [0.1, 0.15) is 0 Å². The molecule has 0 rings (SSSR count). The second-order valence-corrected chi connectivity index (χ2v) is 2.80. The molecule has 0 aromatic rings. The first kappa shape index (κ1) is 7.89. The van der Waals surface area contributed by atoms with Crippen molar-refractivity contribution in [3.8, 4) is 0 Å². The van der Waals surface area contributed by atoms with Crippen LogP contribution in [0, 0.1) is 0 Å². The van der Waals surface area contributed by atoms with Gasteiger partial charge in [-0.05, 0) is 17.5 Å². The molecule has 0 amide bonds. The molecule has 1 nitrogen and oxygen atoms in total. The fraction of sp³-hybridized carbons (Fsp3) is 0.500. The Hall–Kier alpha value is -0.110. The molecule has 0 saturated carbocycles. The van der Waals surface area contributed by atoms with Crippen LogP contribution < -0.4 is 0 Å². The summed E-state index contributed by atoms with van der Waals surface area (Å²) in [5, 5.41) is 0. The lowest BCUT2D eigenvalue weighted by Crippen LogP contribution is -1.86. The maximum Gasteiger partial charge on any atom is 0.156 e. The second kappa shape index (κ2) is 3.84. The monoisotopic (exact) mass is 176 g/mol. The number of halogens is 1. The quantitative estimate of drug-likeness (QED) is 0.591. The summed E-state index contributed by atoms with van der Waals surface area (Å²) in [5.41, 5.74) is 0. The van der Waals surface area contributed by atoms with E-state index in [1.165, 1.54) is 0 Å². The molecule has 0 aromatic carbocycles.